The number of rotatable bonds is 5. The van der Waals surface area contributed by atoms with E-state index in [0.29, 0.717) is 0 Å². The van der Waals surface area contributed by atoms with Crippen molar-refractivity contribution in [2.24, 2.45) is 0 Å². The summed E-state index contributed by atoms with van der Waals surface area (Å²) < 4.78 is 44.6. The van der Waals surface area contributed by atoms with E-state index < -0.39 is 54.1 Å². The van der Waals surface area contributed by atoms with Crippen molar-refractivity contribution in [1.82, 2.24) is 4.98 Å². The van der Waals surface area contributed by atoms with Gasteiger partial charge in [0.1, 0.15) is 29.6 Å². The molecule has 3 aromatic rings. The zero-order valence-electron chi connectivity index (χ0n) is 16.9. The molecule has 180 valence electrons. The van der Waals surface area contributed by atoms with E-state index in [-0.39, 0.29) is 38.3 Å². The van der Waals surface area contributed by atoms with Crippen molar-refractivity contribution < 1.29 is 53.0 Å². The third-order valence-electron chi connectivity index (χ3n) is 5.11. The van der Waals surface area contributed by atoms with Crippen LogP contribution in [-0.4, -0.2) is 67.2 Å². The number of benzene rings is 2. The maximum absolute atomic E-state index is 14.3. The number of aliphatic hydroxyl groups excluding tert-OH is 3. The van der Waals surface area contributed by atoms with Gasteiger partial charge in [0.05, 0.1) is 5.56 Å². The van der Waals surface area contributed by atoms with Gasteiger partial charge in [0, 0.05) is 16.1 Å². The predicted molar refractivity (Wildman–Crippen MR) is 114 cm³/mol. The van der Waals surface area contributed by atoms with Crippen LogP contribution in [0.3, 0.4) is 0 Å². The second-order valence-electron chi connectivity index (χ2n) is 7.36. The molecule has 34 heavy (non-hydrogen) atoms. The number of oxazole rings is 1. The van der Waals surface area contributed by atoms with Crippen LogP contribution in [0, 0.1) is 11.6 Å². The van der Waals surface area contributed by atoms with Crippen molar-refractivity contribution >= 4 is 37.5 Å². The number of halogens is 3. The first-order valence-corrected chi connectivity index (χ1v) is 10.3. The summed E-state index contributed by atoms with van der Waals surface area (Å²) in [6, 6.07) is 4.64. The van der Waals surface area contributed by atoms with E-state index in [1.54, 1.807) is 0 Å². The van der Waals surface area contributed by atoms with E-state index in [2.05, 4.69) is 27.5 Å². The zero-order chi connectivity index (χ0) is 24.9. The predicted octanol–water partition coefficient (Wildman–Crippen LogP) is 2.12. The number of hydrogen-bond donors (Lipinski definition) is 5. The van der Waals surface area contributed by atoms with Crippen LogP contribution in [0.1, 0.15) is 5.56 Å². The Bertz CT molecular complexity index is 1300. The molecule has 0 saturated carbocycles. The molecule has 5 atom stereocenters. The van der Waals surface area contributed by atoms with Crippen LogP contribution in [-0.2, 0) is 9.53 Å². The summed E-state index contributed by atoms with van der Waals surface area (Å²) >= 11 is 3.19. The molecule has 2 aromatic carbocycles. The minimum absolute atomic E-state index is 0.0444. The second kappa shape index (κ2) is 8.92. The average molecular weight is 544 g/mol. The highest BCUT2D eigenvalue weighted by Gasteiger charge is 2.48. The highest BCUT2D eigenvalue weighted by atomic mass is 79.9. The Kier molecular flexibility index (Phi) is 6.31. The van der Waals surface area contributed by atoms with E-state index >= 15 is 0 Å². The minimum atomic E-state index is -1.90. The van der Waals surface area contributed by atoms with Crippen LogP contribution in [0.5, 0.6) is 11.5 Å². The molecule has 13 heteroatoms. The van der Waals surface area contributed by atoms with Crippen molar-refractivity contribution in [3.63, 3.8) is 0 Å². The maximum atomic E-state index is 14.3. The summed E-state index contributed by atoms with van der Waals surface area (Å²) in [4.78, 5) is 15.4. The van der Waals surface area contributed by atoms with E-state index in [4.69, 9.17) is 13.9 Å². The summed E-state index contributed by atoms with van der Waals surface area (Å²) in [6.07, 6.45) is -9.14. The summed E-state index contributed by atoms with van der Waals surface area (Å²) in [6.45, 7) is 3.74. The minimum Gasteiger partial charge on any atom is -0.505 e. The Balaban J connectivity index is 1.74. The number of aliphatic hydroxyl groups is 3. The molecule has 10 nitrogen and oxygen atoms in total. The summed E-state index contributed by atoms with van der Waals surface area (Å²) in [5.74, 6) is -5.70. The van der Waals surface area contributed by atoms with E-state index in [0.717, 1.165) is 12.1 Å². The molecule has 1 aliphatic rings. The monoisotopic (exact) mass is 543 g/mol. The average Bonchev–Trinajstić information content (AvgIpc) is 3.20. The normalized spacial score (nSPS) is 24.8. The molecular weight excluding hydrogens is 528 g/mol. The van der Waals surface area contributed by atoms with Crippen LogP contribution in [0.15, 0.2) is 35.3 Å². The number of nitrogens with zero attached hydrogens (tertiary/aromatic N) is 1. The maximum Gasteiger partial charge on any atom is 0.335 e. The number of fused-ring (bicyclic) bond motifs is 1. The lowest BCUT2D eigenvalue weighted by molar-refractivity contribution is -0.271. The van der Waals surface area contributed by atoms with Crippen LogP contribution in [0.25, 0.3) is 27.0 Å². The third-order valence-corrected chi connectivity index (χ3v) is 5.54. The van der Waals surface area contributed by atoms with Gasteiger partial charge in [-0.15, -0.1) is 0 Å². The number of carboxylic acids is 1. The van der Waals surface area contributed by atoms with Gasteiger partial charge in [-0.05, 0) is 18.2 Å². The SMILES string of the molecule is C=C(Br)c1cc(OC2O[C@H](C(=O)O)[C@@H](O)[C@H](O)[C@H]2O)cc2nc(-c3ccc(O)c(F)c3F)oc12. The number of phenols is 1. The van der Waals surface area contributed by atoms with Gasteiger partial charge >= 0.3 is 5.97 Å². The molecule has 5 N–H and O–H groups in total. The molecule has 2 heterocycles. The molecule has 0 aliphatic carbocycles. The molecule has 0 radical (unpaired) electrons. The van der Waals surface area contributed by atoms with Crippen molar-refractivity contribution in [2.75, 3.05) is 0 Å². The molecule has 1 saturated heterocycles. The Labute approximate surface area is 197 Å². The van der Waals surface area contributed by atoms with Gasteiger partial charge in [0.2, 0.25) is 18.0 Å². The number of ether oxygens (including phenoxy) is 2. The standard InChI is InChI=1S/C21H16BrF2NO9/c1-6(22)9-4-7(32-21-16(29)14(27)15(28)18(34-21)20(30)31)5-10-17(9)33-19(25-10)8-2-3-11(26)13(24)12(8)23/h2-5,14-16,18,21,26-29H,1H2,(H,30,31)/t14-,15-,16+,18-,21?/m0/s1. The van der Waals surface area contributed by atoms with Crippen LogP contribution >= 0.6 is 15.9 Å². The molecule has 0 amide bonds. The van der Waals surface area contributed by atoms with Gasteiger partial charge in [-0.25, -0.2) is 14.2 Å². The Morgan fingerprint density at radius 1 is 1.12 bits per heavy atom. The van der Waals surface area contributed by atoms with Crippen LogP contribution in [0.4, 0.5) is 8.78 Å². The first-order valence-electron chi connectivity index (χ1n) is 9.55. The lowest BCUT2D eigenvalue weighted by atomic mass is 9.99. The van der Waals surface area contributed by atoms with E-state index in [1.165, 1.54) is 12.1 Å². The summed E-state index contributed by atoms with van der Waals surface area (Å²) in [5, 5.41) is 48.5. The first kappa shape index (κ1) is 24.0. The molecule has 0 bridgehead atoms. The van der Waals surface area contributed by atoms with Gasteiger partial charge in [-0.3, -0.25) is 0 Å². The highest BCUT2D eigenvalue weighted by Crippen LogP contribution is 2.37. The molecular formula is C21H16BrF2NO9. The third kappa shape index (κ3) is 4.12. The Hall–Kier alpha value is -3.10. The first-order chi connectivity index (χ1) is 16.0. The van der Waals surface area contributed by atoms with Gasteiger partial charge < -0.3 is 39.4 Å². The molecule has 1 unspecified atom stereocenters. The van der Waals surface area contributed by atoms with Gasteiger partial charge in [-0.2, -0.15) is 4.39 Å². The quantitative estimate of drug-likeness (QED) is 0.322. The number of aromatic nitrogens is 1. The van der Waals surface area contributed by atoms with Gasteiger partial charge in [-0.1, -0.05) is 22.5 Å². The molecule has 1 aliphatic heterocycles. The van der Waals surface area contributed by atoms with Gasteiger partial charge in [0.25, 0.3) is 0 Å². The fourth-order valence-corrected chi connectivity index (χ4v) is 3.67. The molecule has 1 fully saturated rings. The molecule has 0 spiro atoms. The zero-order valence-corrected chi connectivity index (χ0v) is 18.4. The van der Waals surface area contributed by atoms with Crippen LogP contribution < -0.4 is 4.74 Å². The topological polar surface area (TPSA) is 163 Å². The smallest absolute Gasteiger partial charge is 0.335 e. The number of carbonyl (C=O) groups is 1. The highest BCUT2D eigenvalue weighted by molar-refractivity contribution is 9.15. The fourth-order valence-electron chi connectivity index (χ4n) is 3.38. The number of hydrogen-bond acceptors (Lipinski definition) is 9. The van der Waals surface area contributed by atoms with E-state index in [9.17, 15) is 39.1 Å². The molecule has 4 rings (SSSR count). The van der Waals surface area contributed by atoms with Gasteiger partial charge in [0.15, 0.2) is 23.3 Å². The summed E-state index contributed by atoms with van der Waals surface area (Å²) in [5.41, 5.74) is 0.0665. The number of aromatic hydroxyl groups is 1. The van der Waals surface area contributed by atoms with Crippen molar-refractivity contribution in [3.8, 4) is 23.0 Å². The Morgan fingerprint density at radius 3 is 2.47 bits per heavy atom. The van der Waals surface area contributed by atoms with Crippen molar-refractivity contribution in [2.45, 2.75) is 30.7 Å². The lowest BCUT2D eigenvalue weighted by Crippen LogP contribution is -2.61. The number of phenolic OH excluding ortho intramolecular Hbond substituents is 1. The fraction of sp³-hybridized carbons (Fsp3) is 0.238. The summed E-state index contributed by atoms with van der Waals surface area (Å²) in [7, 11) is 0. The lowest BCUT2D eigenvalue weighted by Gasteiger charge is -2.38. The largest absolute Gasteiger partial charge is 0.505 e. The Morgan fingerprint density at radius 2 is 1.82 bits per heavy atom. The number of aliphatic carboxylic acids is 1. The second-order valence-corrected chi connectivity index (χ2v) is 8.31. The van der Waals surface area contributed by atoms with Crippen molar-refractivity contribution in [1.29, 1.82) is 0 Å². The van der Waals surface area contributed by atoms with Crippen molar-refractivity contribution in [3.05, 3.63) is 48.0 Å². The molecule has 1 aromatic heterocycles. The number of carboxylic acid groups (broad SMARTS) is 1. The van der Waals surface area contributed by atoms with Crippen LogP contribution in [0.2, 0.25) is 0 Å². The van der Waals surface area contributed by atoms with E-state index in [1.807, 2.05) is 0 Å².